The molecule has 0 atom stereocenters. The van der Waals surface area contributed by atoms with Crippen LogP contribution >= 0.6 is 11.3 Å². The zero-order valence-electron chi connectivity index (χ0n) is 12.9. The van der Waals surface area contributed by atoms with E-state index in [9.17, 15) is 0 Å². The number of anilines is 2. The molecule has 4 aromatic rings. The lowest BCUT2D eigenvalue weighted by Gasteiger charge is -2.45. The van der Waals surface area contributed by atoms with Crippen molar-refractivity contribution in [2.75, 3.05) is 29.9 Å². The maximum atomic E-state index is 4.48. The zero-order valence-corrected chi connectivity index (χ0v) is 13.8. The van der Waals surface area contributed by atoms with Gasteiger partial charge in [-0.1, -0.05) is 0 Å². The molecule has 0 N–H and O–H groups in total. The van der Waals surface area contributed by atoms with Crippen LogP contribution in [-0.4, -0.2) is 55.7 Å². The molecule has 8 nitrogen and oxygen atoms in total. The molecular weight excluding hydrogens is 324 g/mol. The molecule has 5 heterocycles. The van der Waals surface area contributed by atoms with Crippen LogP contribution in [0.1, 0.15) is 0 Å². The fraction of sp³-hybridized carbons (Fsp3) is 0.267. The van der Waals surface area contributed by atoms with Gasteiger partial charge in [-0.25, -0.2) is 15.0 Å². The number of aromatic nitrogens is 6. The summed E-state index contributed by atoms with van der Waals surface area (Å²) in [6.07, 6.45) is 6.97. The van der Waals surface area contributed by atoms with E-state index in [4.69, 9.17) is 0 Å². The predicted molar refractivity (Wildman–Crippen MR) is 92.6 cm³/mol. The number of nitrogens with zero attached hydrogens (tertiary/aromatic N) is 8. The zero-order chi connectivity index (χ0) is 16.1. The Morgan fingerprint density at radius 2 is 2.17 bits per heavy atom. The summed E-state index contributed by atoms with van der Waals surface area (Å²) in [6, 6.07) is 2.47. The summed E-state index contributed by atoms with van der Waals surface area (Å²) in [4.78, 5) is 18.8. The van der Waals surface area contributed by atoms with Crippen LogP contribution in [0.15, 0.2) is 36.5 Å². The molecule has 5 rings (SSSR count). The summed E-state index contributed by atoms with van der Waals surface area (Å²) >= 11 is 1.64. The van der Waals surface area contributed by atoms with Gasteiger partial charge in [-0.05, 0) is 11.4 Å². The molecule has 120 valence electrons. The van der Waals surface area contributed by atoms with Crippen LogP contribution in [0.2, 0.25) is 0 Å². The first-order valence-electron chi connectivity index (χ1n) is 7.61. The van der Waals surface area contributed by atoms with Gasteiger partial charge in [0.05, 0.1) is 11.4 Å². The highest BCUT2D eigenvalue weighted by atomic mass is 32.1. The van der Waals surface area contributed by atoms with Gasteiger partial charge in [-0.3, -0.25) is 4.40 Å². The standard InChI is InChI=1S/C15H14N8S/c1-21(12-11-2-5-24-15(11)18-8-17-12)10-6-23(7-10)13-14-20-19-9-22(14)4-3-16-13/h2-5,8-10H,6-7H2,1H3. The second-order valence-electron chi connectivity index (χ2n) is 5.82. The Morgan fingerprint density at radius 3 is 3.08 bits per heavy atom. The maximum Gasteiger partial charge on any atom is 0.203 e. The maximum absolute atomic E-state index is 4.48. The van der Waals surface area contributed by atoms with Crippen molar-refractivity contribution in [3.8, 4) is 0 Å². The molecule has 0 spiro atoms. The van der Waals surface area contributed by atoms with E-state index < -0.39 is 0 Å². The first-order chi connectivity index (χ1) is 11.8. The minimum absolute atomic E-state index is 0.382. The Balaban J connectivity index is 1.40. The van der Waals surface area contributed by atoms with Crippen molar-refractivity contribution in [3.63, 3.8) is 0 Å². The molecule has 0 unspecified atom stereocenters. The Morgan fingerprint density at radius 1 is 1.25 bits per heavy atom. The Hall–Kier alpha value is -2.81. The molecule has 24 heavy (non-hydrogen) atoms. The SMILES string of the molecule is CN(c1ncnc2sccc12)C1CN(c2nccn3cnnc23)C1. The quantitative estimate of drug-likeness (QED) is 0.560. The largest absolute Gasteiger partial charge is 0.352 e. The summed E-state index contributed by atoms with van der Waals surface area (Å²) in [5.41, 5.74) is 0.792. The van der Waals surface area contributed by atoms with Crippen LogP contribution in [-0.2, 0) is 0 Å². The van der Waals surface area contributed by atoms with E-state index in [1.54, 1.807) is 30.2 Å². The minimum atomic E-state index is 0.382. The van der Waals surface area contributed by atoms with E-state index >= 15 is 0 Å². The number of fused-ring (bicyclic) bond motifs is 2. The van der Waals surface area contributed by atoms with E-state index in [0.717, 1.165) is 40.6 Å². The molecule has 0 saturated carbocycles. The third-order valence-corrected chi connectivity index (χ3v) is 5.30. The van der Waals surface area contributed by atoms with Gasteiger partial charge in [-0.2, -0.15) is 0 Å². The number of hydrogen-bond acceptors (Lipinski definition) is 8. The first kappa shape index (κ1) is 13.6. The summed E-state index contributed by atoms with van der Waals surface area (Å²) in [6.45, 7) is 1.76. The van der Waals surface area contributed by atoms with Gasteiger partial charge in [0, 0.05) is 32.5 Å². The summed E-state index contributed by atoms with van der Waals surface area (Å²) in [5, 5.41) is 11.3. The molecule has 0 radical (unpaired) electrons. The highest BCUT2D eigenvalue weighted by molar-refractivity contribution is 7.16. The van der Waals surface area contributed by atoms with E-state index in [1.165, 1.54) is 0 Å². The van der Waals surface area contributed by atoms with Crippen molar-refractivity contribution < 1.29 is 0 Å². The van der Waals surface area contributed by atoms with Crippen molar-refractivity contribution in [2.45, 2.75) is 6.04 Å². The molecule has 9 heteroatoms. The lowest BCUT2D eigenvalue weighted by Crippen LogP contribution is -2.59. The smallest absolute Gasteiger partial charge is 0.203 e. The summed E-state index contributed by atoms with van der Waals surface area (Å²) < 4.78 is 1.89. The second-order valence-corrected chi connectivity index (χ2v) is 6.71. The van der Waals surface area contributed by atoms with Gasteiger partial charge >= 0.3 is 0 Å². The molecule has 0 aromatic carbocycles. The lowest BCUT2D eigenvalue weighted by atomic mass is 10.1. The van der Waals surface area contributed by atoms with Gasteiger partial charge < -0.3 is 9.80 Å². The molecular formula is C15H14N8S. The molecule has 1 aliphatic rings. The van der Waals surface area contributed by atoms with Crippen LogP contribution in [0.25, 0.3) is 15.9 Å². The van der Waals surface area contributed by atoms with E-state index in [2.05, 4.69) is 53.4 Å². The Kier molecular flexibility index (Phi) is 2.89. The van der Waals surface area contributed by atoms with Crippen LogP contribution in [0.3, 0.4) is 0 Å². The normalized spacial score (nSPS) is 15.1. The first-order valence-corrected chi connectivity index (χ1v) is 8.49. The van der Waals surface area contributed by atoms with Crippen molar-refractivity contribution in [1.29, 1.82) is 0 Å². The van der Waals surface area contributed by atoms with Crippen LogP contribution < -0.4 is 9.80 Å². The highest BCUT2D eigenvalue weighted by Gasteiger charge is 2.33. The van der Waals surface area contributed by atoms with Gasteiger partial charge in [0.15, 0.2) is 5.82 Å². The van der Waals surface area contributed by atoms with E-state index in [-0.39, 0.29) is 0 Å². The highest BCUT2D eigenvalue weighted by Crippen LogP contribution is 2.30. The number of thiophene rings is 1. The van der Waals surface area contributed by atoms with E-state index in [1.807, 2.05) is 10.6 Å². The fourth-order valence-electron chi connectivity index (χ4n) is 3.07. The van der Waals surface area contributed by atoms with Crippen LogP contribution in [0, 0.1) is 0 Å². The third-order valence-electron chi connectivity index (χ3n) is 4.48. The topological polar surface area (TPSA) is 75.3 Å². The van der Waals surface area contributed by atoms with Crippen molar-refractivity contribution in [2.24, 2.45) is 0 Å². The average Bonchev–Trinajstić information content (AvgIpc) is 3.22. The fourth-order valence-corrected chi connectivity index (χ4v) is 3.80. The lowest BCUT2D eigenvalue weighted by molar-refractivity contribution is 0.491. The summed E-state index contributed by atoms with van der Waals surface area (Å²) in [5.74, 6) is 1.86. The molecule has 4 aromatic heterocycles. The number of likely N-dealkylation sites (N-methyl/N-ethyl adjacent to an activating group) is 1. The van der Waals surface area contributed by atoms with Crippen molar-refractivity contribution >= 4 is 38.8 Å². The molecule has 1 aliphatic heterocycles. The van der Waals surface area contributed by atoms with E-state index in [0.29, 0.717) is 6.04 Å². The molecule has 1 fully saturated rings. The predicted octanol–water partition coefficient (Wildman–Crippen LogP) is 1.45. The molecule has 0 bridgehead atoms. The second kappa shape index (κ2) is 5.10. The average molecular weight is 338 g/mol. The monoisotopic (exact) mass is 338 g/mol. The van der Waals surface area contributed by atoms with Crippen molar-refractivity contribution in [3.05, 3.63) is 36.5 Å². The van der Waals surface area contributed by atoms with Gasteiger partial charge in [0.1, 0.15) is 23.3 Å². The molecule has 0 amide bonds. The number of rotatable bonds is 3. The van der Waals surface area contributed by atoms with Crippen LogP contribution in [0.4, 0.5) is 11.6 Å². The summed E-state index contributed by atoms with van der Waals surface area (Å²) in [7, 11) is 2.09. The Bertz CT molecular complexity index is 1020. The van der Waals surface area contributed by atoms with Gasteiger partial charge in [0.25, 0.3) is 0 Å². The molecule has 0 aliphatic carbocycles. The number of hydrogen-bond donors (Lipinski definition) is 0. The molecule has 1 saturated heterocycles. The van der Waals surface area contributed by atoms with Gasteiger partial charge in [0.2, 0.25) is 5.65 Å². The van der Waals surface area contributed by atoms with Crippen LogP contribution in [0.5, 0.6) is 0 Å². The van der Waals surface area contributed by atoms with Gasteiger partial charge in [-0.15, -0.1) is 21.5 Å². The minimum Gasteiger partial charge on any atom is -0.352 e. The third kappa shape index (κ3) is 1.94. The van der Waals surface area contributed by atoms with Crippen molar-refractivity contribution in [1.82, 2.24) is 29.5 Å². The Labute approximate surface area is 141 Å².